The first-order chi connectivity index (χ1) is 12.5. The van der Waals surface area contributed by atoms with Crippen LogP contribution in [0.5, 0.6) is 0 Å². The molecule has 0 bridgehead atoms. The third-order valence-corrected chi connectivity index (χ3v) is 6.20. The fourth-order valence-electron chi connectivity index (χ4n) is 3.57. The van der Waals surface area contributed by atoms with E-state index in [2.05, 4.69) is 39.8 Å². The van der Waals surface area contributed by atoms with Gasteiger partial charge in [0.05, 0.1) is 11.7 Å². The molecular formula is C20H29N3O2S. The second-order valence-corrected chi connectivity index (χ2v) is 8.60. The molecule has 0 aliphatic carbocycles. The maximum absolute atomic E-state index is 12.8. The highest BCUT2D eigenvalue weighted by Crippen LogP contribution is 2.29. The molecule has 0 aromatic carbocycles. The van der Waals surface area contributed by atoms with Crippen LogP contribution in [0.1, 0.15) is 72.3 Å². The molecule has 1 N–H and O–H groups in total. The molecule has 2 aromatic rings. The molecule has 6 heteroatoms. The molecule has 0 spiro atoms. The molecule has 3 rings (SSSR count). The molecule has 2 aromatic heterocycles. The van der Waals surface area contributed by atoms with Crippen LogP contribution < -0.4 is 5.32 Å². The van der Waals surface area contributed by atoms with Crippen LogP contribution in [0.3, 0.4) is 0 Å². The SMILES string of the molecule is Cc1noc(C(C)C)c1C(=O)NC[C@@H](c1cccs1)N1CCC(C)CC1. The Labute approximate surface area is 159 Å². The summed E-state index contributed by atoms with van der Waals surface area (Å²) in [5.41, 5.74) is 1.25. The Balaban J connectivity index is 1.72. The maximum Gasteiger partial charge on any atom is 0.256 e. The van der Waals surface area contributed by atoms with E-state index in [1.807, 2.05) is 20.8 Å². The van der Waals surface area contributed by atoms with Gasteiger partial charge in [-0.05, 0) is 50.2 Å². The lowest BCUT2D eigenvalue weighted by molar-refractivity contribution is 0.0912. The Morgan fingerprint density at radius 3 is 2.77 bits per heavy atom. The topological polar surface area (TPSA) is 58.4 Å². The largest absolute Gasteiger partial charge is 0.360 e. The minimum absolute atomic E-state index is 0.0839. The van der Waals surface area contributed by atoms with Crippen molar-refractivity contribution in [2.75, 3.05) is 19.6 Å². The Morgan fingerprint density at radius 1 is 1.42 bits per heavy atom. The van der Waals surface area contributed by atoms with Gasteiger partial charge >= 0.3 is 0 Å². The number of aromatic nitrogens is 1. The van der Waals surface area contributed by atoms with E-state index in [0.717, 1.165) is 19.0 Å². The number of piperidine rings is 1. The van der Waals surface area contributed by atoms with Crippen LogP contribution in [0.2, 0.25) is 0 Å². The van der Waals surface area contributed by atoms with Crippen molar-refractivity contribution in [2.24, 2.45) is 5.92 Å². The van der Waals surface area contributed by atoms with Crippen LogP contribution in [0.25, 0.3) is 0 Å². The molecule has 1 amide bonds. The van der Waals surface area contributed by atoms with E-state index in [4.69, 9.17) is 4.52 Å². The summed E-state index contributed by atoms with van der Waals surface area (Å²) >= 11 is 1.76. The summed E-state index contributed by atoms with van der Waals surface area (Å²) in [4.78, 5) is 16.7. The fourth-order valence-corrected chi connectivity index (χ4v) is 4.43. The van der Waals surface area contributed by atoms with E-state index >= 15 is 0 Å². The van der Waals surface area contributed by atoms with Gasteiger partial charge in [0, 0.05) is 17.3 Å². The second kappa shape index (κ2) is 8.35. The van der Waals surface area contributed by atoms with Crippen molar-refractivity contribution in [3.8, 4) is 0 Å². The van der Waals surface area contributed by atoms with Crippen LogP contribution in [0.4, 0.5) is 0 Å². The Kier molecular flexibility index (Phi) is 6.14. The first kappa shape index (κ1) is 19.1. The average molecular weight is 376 g/mol. The van der Waals surface area contributed by atoms with Crippen molar-refractivity contribution in [3.05, 3.63) is 39.4 Å². The minimum atomic E-state index is -0.0839. The molecule has 0 radical (unpaired) electrons. The smallest absolute Gasteiger partial charge is 0.256 e. The van der Waals surface area contributed by atoms with Gasteiger partial charge in [-0.1, -0.05) is 32.0 Å². The molecular weight excluding hydrogens is 346 g/mol. The number of aryl methyl sites for hydroxylation is 1. The van der Waals surface area contributed by atoms with E-state index in [1.54, 1.807) is 11.3 Å². The number of carbonyl (C=O) groups is 1. The van der Waals surface area contributed by atoms with Crippen molar-refractivity contribution in [1.82, 2.24) is 15.4 Å². The number of likely N-dealkylation sites (tertiary alicyclic amines) is 1. The van der Waals surface area contributed by atoms with Gasteiger partial charge in [0.1, 0.15) is 5.56 Å². The molecule has 0 unspecified atom stereocenters. The van der Waals surface area contributed by atoms with E-state index in [0.29, 0.717) is 23.6 Å². The van der Waals surface area contributed by atoms with E-state index in [1.165, 1.54) is 17.7 Å². The third kappa shape index (κ3) is 4.18. The summed E-state index contributed by atoms with van der Waals surface area (Å²) in [6.45, 7) is 11.0. The molecule has 1 saturated heterocycles. The van der Waals surface area contributed by atoms with Gasteiger partial charge < -0.3 is 9.84 Å². The number of nitrogens with one attached hydrogen (secondary N) is 1. The number of thiophene rings is 1. The van der Waals surface area contributed by atoms with Crippen molar-refractivity contribution < 1.29 is 9.32 Å². The lowest BCUT2D eigenvalue weighted by atomic mass is 9.97. The number of amides is 1. The van der Waals surface area contributed by atoms with Crippen molar-refractivity contribution in [3.63, 3.8) is 0 Å². The summed E-state index contributed by atoms with van der Waals surface area (Å²) in [7, 11) is 0. The van der Waals surface area contributed by atoms with Gasteiger partial charge in [0.2, 0.25) is 0 Å². The minimum Gasteiger partial charge on any atom is -0.360 e. The second-order valence-electron chi connectivity index (χ2n) is 7.62. The monoisotopic (exact) mass is 375 g/mol. The quantitative estimate of drug-likeness (QED) is 0.814. The Hall–Kier alpha value is -1.66. The number of hydrogen-bond donors (Lipinski definition) is 1. The summed E-state index contributed by atoms with van der Waals surface area (Å²) in [6, 6.07) is 4.49. The van der Waals surface area contributed by atoms with Gasteiger partial charge in [-0.3, -0.25) is 9.69 Å². The third-order valence-electron chi connectivity index (χ3n) is 5.23. The lowest BCUT2D eigenvalue weighted by Crippen LogP contribution is -2.41. The normalized spacial score (nSPS) is 17.6. The first-order valence-electron chi connectivity index (χ1n) is 9.49. The number of carbonyl (C=O) groups excluding carboxylic acids is 1. The molecule has 26 heavy (non-hydrogen) atoms. The van der Waals surface area contributed by atoms with E-state index < -0.39 is 0 Å². The van der Waals surface area contributed by atoms with Gasteiger partial charge in [0.15, 0.2) is 5.76 Å². The van der Waals surface area contributed by atoms with E-state index in [-0.39, 0.29) is 17.9 Å². The van der Waals surface area contributed by atoms with Gasteiger partial charge in [0.25, 0.3) is 5.91 Å². The predicted molar refractivity (Wildman–Crippen MR) is 105 cm³/mol. The summed E-state index contributed by atoms with van der Waals surface area (Å²) in [5.74, 6) is 1.51. The highest BCUT2D eigenvalue weighted by atomic mass is 32.1. The highest BCUT2D eigenvalue weighted by molar-refractivity contribution is 7.10. The standard InChI is InChI=1S/C20H29N3O2S/c1-13(2)19-18(15(4)22-25-19)20(24)21-12-16(17-6-5-11-26-17)23-9-7-14(3)8-10-23/h5-6,11,13-14,16H,7-10,12H2,1-4H3,(H,21,24)/t16-/m0/s1. The molecule has 142 valence electrons. The fraction of sp³-hybridized carbons (Fsp3) is 0.600. The van der Waals surface area contributed by atoms with Gasteiger partial charge in [-0.25, -0.2) is 0 Å². The number of rotatable bonds is 6. The first-order valence-corrected chi connectivity index (χ1v) is 10.4. The van der Waals surface area contributed by atoms with Crippen molar-refractivity contribution in [1.29, 1.82) is 0 Å². The number of nitrogens with zero attached hydrogens (tertiary/aromatic N) is 2. The molecule has 1 fully saturated rings. The molecule has 1 aliphatic rings. The predicted octanol–water partition coefficient (Wildman–Crippen LogP) is 4.37. The van der Waals surface area contributed by atoms with Crippen molar-refractivity contribution >= 4 is 17.2 Å². The molecule has 3 heterocycles. The Morgan fingerprint density at radius 2 is 2.15 bits per heavy atom. The van der Waals surface area contributed by atoms with Crippen LogP contribution >= 0.6 is 11.3 Å². The Bertz CT molecular complexity index is 716. The molecule has 1 aliphatic heterocycles. The molecule has 1 atom stereocenters. The summed E-state index contributed by atoms with van der Waals surface area (Å²) in [5, 5.41) is 9.24. The maximum atomic E-state index is 12.8. The van der Waals surface area contributed by atoms with Crippen LogP contribution in [0, 0.1) is 12.8 Å². The highest BCUT2D eigenvalue weighted by Gasteiger charge is 2.27. The zero-order valence-electron chi connectivity index (χ0n) is 16.1. The summed E-state index contributed by atoms with van der Waals surface area (Å²) in [6.07, 6.45) is 2.44. The van der Waals surface area contributed by atoms with Crippen molar-refractivity contribution in [2.45, 2.75) is 52.5 Å². The molecule has 0 saturated carbocycles. The lowest BCUT2D eigenvalue weighted by Gasteiger charge is -2.36. The molecule has 5 nitrogen and oxygen atoms in total. The van der Waals surface area contributed by atoms with Gasteiger partial charge in [-0.2, -0.15) is 0 Å². The zero-order chi connectivity index (χ0) is 18.7. The van der Waals surface area contributed by atoms with E-state index in [9.17, 15) is 4.79 Å². The van der Waals surface area contributed by atoms with Gasteiger partial charge in [-0.15, -0.1) is 11.3 Å². The van der Waals surface area contributed by atoms with Crippen LogP contribution in [0.15, 0.2) is 22.0 Å². The van der Waals surface area contributed by atoms with Crippen LogP contribution in [-0.4, -0.2) is 35.6 Å². The summed E-state index contributed by atoms with van der Waals surface area (Å²) < 4.78 is 5.37. The zero-order valence-corrected chi connectivity index (χ0v) is 16.9. The van der Waals surface area contributed by atoms with Crippen LogP contribution in [-0.2, 0) is 0 Å². The average Bonchev–Trinajstić information content (AvgIpc) is 3.26. The number of hydrogen-bond acceptors (Lipinski definition) is 5.